The van der Waals surface area contributed by atoms with E-state index in [0.717, 1.165) is 43.9 Å². The number of rotatable bonds is 3. The molecule has 0 aromatic heterocycles. The minimum Gasteiger partial charge on any atom is -0.271 e. The number of nitrogens with one attached hydrogen (secondary N) is 1. The quantitative estimate of drug-likeness (QED) is 0.499. The summed E-state index contributed by atoms with van der Waals surface area (Å²) in [7, 11) is 0. The lowest BCUT2D eigenvalue weighted by Gasteiger charge is -2.34. The third kappa shape index (κ3) is 3.74. The molecule has 1 fully saturated rings. The maximum atomic E-state index is 13.4. The van der Waals surface area contributed by atoms with Crippen LogP contribution in [-0.4, -0.2) is 0 Å². The molecule has 1 aromatic rings. The van der Waals surface area contributed by atoms with Crippen molar-refractivity contribution in [1.82, 2.24) is 5.43 Å². The molecule has 21 heavy (non-hydrogen) atoms. The maximum Gasteiger partial charge on any atom is 0.416 e. The van der Waals surface area contributed by atoms with Gasteiger partial charge in [-0.3, -0.25) is 11.3 Å². The minimum absolute atomic E-state index is 0.0124. The Bertz CT molecular complexity index is 487. The molecule has 0 spiro atoms. The summed E-state index contributed by atoms with van der Waals surface area (Å²) in [6, 6.07) is 1.90. The highest BCUT2D eigenvalue weighted by Crippen LogP contribution is 2.41. The van der Waals surface area contributed by atoms with Gasteiger partial charge >= 0.3 is 6.18 Å². The largest absolute Gasteiger partial charge is 0.416 e. The van der Waals surface area contributed by atoms with Crippen LogP contribution in [0.1, 0.15) is 49.8 Å². The Hall–Kier alpha value is -1.14. The van der Waals surface area contributed by atoms with E-state index < -0.39 is 23.6 Å². The van der Waals surface area contributed by atoms with Gasteiger partial charge in [-0.1, -0.05) is 19.8 Å². The molecule has 1 aliphatic carbocycles. The fourth-order valence-corrected chi connectivity index (χ4v) is 3.31. The minimum atomic E-state index is -4.52. The molecule has 0 aliphatic heterocycles. The number of alkyl halides is 3. The van der Waals surface area contributed by atoms with Crippen molar-refractivity contribution in [3.8, 4) is 0 Å². The van der Waals surface area contributed by atoms with Crippen LogP contribution in [0.15, 0.2) is 18.2 Å². The zero-order chi connectivity index (χ0) is 15.6. The van der Waals surface area contributed by atoms with Crippen molar-refractivity contribution in [2.24, 2.45) is 17.7 Å². The Balaban J connectivity index is 2.39. The van der Waals surface area contributed by atoms with E-state index in [1.54, 1.807) is 0 Å². The van der Waals surface area contributed by atoms with Crippen LogP contribution < -0.4 is 11.3 Å². The van der Waals surface area contributed by atoms with E-state index in [-0.39, 0.29) is 11.5 Å². The number of hydrogen-bond acceptors (Lipinski definition) is 2. The van der Waals surface area contributed by atoms with E-state index in [9.17, 15) is 17.6 Å². The number of nitrogens with two attached hydrogens (primary N) is 1. The molecule has 118 valence electrons. The second-order valence-electron chi connectivity index (χ2n) is 5.91. The zero-order valence-corrected chi connectivity index (χ0v) is 11.9. The summed E-state index contributed by atoms with van der Waals surface area (Å²) in [5, 5.41) is 0. The van der Waals surface area contributed by atoms with Crippen LogP contribution in [-0.2, 0) is 6.18 Å². The summed E-state index contributed by atoms with van der Waals surface area (Å²) in [4.78, 5) is 0. The van der Waals surface area contributed by atoms with Crippen LogP contribution in [0.5, 0.6) is 0 Å². The lowest BCUT2D eigenvalue weighted by molar-refractivity contribution is -0.138. The molecule has 0 saturated heterocycles. The molecule has 1 aliphatic rings. The second-order valence-corrected chi connectivity index (χ2v) is 5.91. The predicted octanol–water partition coefficient (Wildman–Crippen LogP) is 4.18. The normalized spacial score (nSPS) is 24.9. The van der Waals surface area contributed by atoms with Crippen molar-refractivity contribution in [3.05, 3.63) is 35.1 Å². The highest BCUT2D eigenvalue weighted by Gasteiger charge is 2.37. The fourth-order valence-electron chi connectivity index (χ4n) is 3.31. The molecular weight excluding hydrogens is 284 g/mol. The molecule has 0 bridgehead atoms. The summed E-state index contributed by atoms with van der Waals surface area (Å²) >= 11 is 0. The molecule has 3 atom stereocenters. The van der Waals surface area contributed by atoms with Gasteiger partial charge in [0.25, 0.3) is 0 Å². The summed E-state index contributed by atoms with van der Waals surface area (Å²) < 4.78 is 52.8. The molecule has 2 nitrogen and oxygen atoms in total. The predicted molar refractivity (Wildman–Crippen MR) is 72.6 cm³/mol. The molecule has 3 unspecified atom stereocenters. The van der Waals surface area contributed by atoms with E-state index in [2.05, 4.69) is 12.3 Å². The molecular formula is C15H20F4N2. The average molecular weight is 304 g/mol. The van der Waals surface area contributed by atoms with Crippen LogP contribution in [0.3, 0.4) is 0 Å². The van der Waals surface area contributed by atoms with Gasteiger partial charge in [0.15, 0.2) is 0 Å². The molecule has 6 heteroatoms. The fraction of sp³-hybridized carbons (Fsp3) is 0.600. The Morgan fingerprint density at radius 2 is 2.00 bits per heavy atom. The van der Waals surface area contributed by atoms with Crippen molar-refractivity contribution in [3.63, 3.8) is 0 Å². The van der Waals surface area contributed by atoms with Gasteiger partial charge < -0.3 is 0 Å². The third-order valence-corrected chi connectivity index (χ3v) is 4.28. The first-order valence-corrected chi connectivity index (χ1v) is 7.15. The first kappa shape index (κ1) is 16.2. The van der Waals surface area contributed by atoms with Crippen molar-refractivity contribution in [2.75, 3.05) is 0 Å². The third-order valence-electron chi connectivity index (χ3n) is 4.28. The van der Waals surface area contributed by atoms with Gasteiger partial charge in [0.2, 0.25) is 0 Å². The Morgan fingerprint density at radius 3 is 2.57 bits per heavy atom. The van der Waals surface area contributed by atoms with Gasteiger partial charge in [0.05, 0.1) is 5.56 Å². The highest BCUT2D eigenvalue weighted by atomic mass is 19.4. The smallest absolute Gasteiger partial charge is 0.271 e. The molecule has 1 aromatic carbocycles. The van der Waals surface area contributed by atoms with Gasteiger partial charge in [0, 0.05) is 6.04 Å². The van der Waals surface area contributed by atoms with Gasteiger partial charge in [-0.2, -0.15) is 13.2 Å². The van der Waals surface area contributed by atoms with Gasteiger partial charge in [-0.15, -0.1) is 0 Å². The monoisotopic (exact) mass is 304 g/mol. The molecule has 0 radical (unpaired) electrons. The SMILES string of the molecule is CC1CCCC(C(NN)c2cc(F)ccc2C(F)(F)F)C1. The van der Waals surface area contributed by atoms with Crippen LogP contribution in [0.25, 0.3) is 0 Å². The van der Waals surface area contributed by atoms with E-state index in [1.807, 2.05) is 0 Å². The highest BCUT2D eigenvalue weighted by molar-refractivity contribution is 5.33. The molecule has 0 heterocycles. The summed E-state index contributed by atoms with van der Waals surface area (Å²) in [6.07, 6.45) is -0.891. The standard InChI is InChI=1S/C15H20F4N2/c1-9-3-2-4-10(7-9)14(21-20)12-8-11(16)5-6-13(12)15(17,18)19/h5-6,8-10,14,21H,2-4,7,20H2,1H3. The molecule has 2 rings (SSSR count). The molecule has 1 saturated carbocycles. The van der Waals surface area contributed by atoms with Crippen LogP contribution in [0.4, 0.5) is 17.6 Å². The van der Waals surface area contributed by atoms with Gasteiger partial charge in [-0.05, 0) is 48.4 Å². The number of halogens is 4. The van der Waals surface area contributed by atoms with Crippen LogP contribution in [0.2, 0.25) is 0 Å². The Labute approximate surface area is 121 Å². The first-order valence-electron chi connectivity index (χ1n) is 7.15. The zero-order valence-electron chi connectivity index (χ0n) is 11.9. The molecule has 3 N–H and O–H groups in total. The first-order chi connectivity index (χ1) is 9.82. The Kier molecular flexibility index (Phi) is 4.88. The van der Waals surface area contributed by atoms with E-state index in [0.29, 0.717) is 5.92 Å². The lowest BCUT2D eigenvalue weighted by atomic mass is 9.76. The van der Waals surface area contributed by atoms with Crippen LogP contribution in [0, 0.1) is 17.7 Å². The summed E-state index contributed by atoms with van der Waals surface area (Å²) in [5.74, 6) is 5.26. The van der Waals surface area contributed by atoms with E-state index >= 15 is 0 Å². The van der Waals surface area contributed by atoms with Gasteiger partial charge in [-0.25, -0.2) is 4.39 Å². The average Bonchev–Trinajstić information content (AvgIpc) is 2.38. The van der Waals surface area contributed by atoms with Crippen molar-refractivity contribution < 1.29 is 17.6 Å². The van der Waals surface area contributed by atoms with Crippen molar-refractivity contribution in [1.29, 1.82) is 0 Å². The van der Waals surface area contributed by atoms with Crippen molar-refractivity contribution in [2.45, 2.75) is 44.8 Å². The summed E-state index contributed by atoms with van der Waals surface area (Å²) in [5.41, 5.74) is 1.57. The second kappa shape index (κ2) is 6.32. The van der Waals surface area contributed by atoms with Crippen molar-refractivity contribution >= 4 is 0 Å². The van der Waals surface area contributed by atoms with Gasteiger partial charge in [0.1, 0.15) is 5.82 Å². The van der Waals surface area contributed by atoms with Crippen LogP contribution >= 0.6 is 0 Å². The van der Waals surface area contributed by atoms with E-state index in [4.69, 9.17) is 5.84 Å². The number of hydrogen-bond donors (Lipinski definition) is 2. The van der Waals surface area contributed by atoms with E-state index in [1.165, 1.54) is 0 Å². The Morgan fingerprint density at radius 1 is 1.29 bits per heavy atom. The topological polar surface area (TPSA) is 38.0 Å². The number of benzene rings is 1. The lowest BCUT2D eigenvalue weighted by Crippen LogP contribution is -2.37. The summed E-state index contributed by atoms with van der Waals surface area (Å²) in [6.45, 7) is 2.08. The number of hydrazine groups is 1. The molecule has 0 amide bonds. The maximum absolute atomic E-state index is 13.4.